The topological polar surface area (TPSA) is 67.9 Å². The van der Waals surface area contributed by atoms with Gasteiger partial charge in [0.1, 0.15) is 12.4 Å². The summed E-state index contributed by atoms with van der Waals surface area (Å²) in [5, 5.41) is 3.42. The second kappa shape index (κ2) is 10.7. The maximum absolute atomic E-state index is 12.7. The van der Waals surface area contributed by atoms with Crippen molar-refractivity contribution in [3.63, 3.8) is 0 Å². The molecule has 7 heteroatoms. The van der Waals surface area contributed by atoms with Gasteiger partial charge in [-0.2, -0.15) is 4.31 Å². The first kappa shape index (κ1) is 22.5. The normalized spacial score (nSPS) is 14.9. The number of hydrogen-bond donors (Lipinski definition) is 1. The number of morpholine rings is 1. The summed E-state index contributed by atoms with van der Waals surface area (Å²) in [6.07, 6.45) is 0. The summed E-state index contributed by atoms with van der Waals surface area (Å²) >= 11 is 0. The van der Waals surface area contributed by atoms with E-state index in [-0.39, 0.29) is 0 Å². The summed E-state index contributed by atoms with van der Waals surface area (Å²) in [6.45, 7) is 3.49. The number of rotatable bonds is 9. The molecule has 3 aromatic rings. The summed E-state index contributed by atoms with van der Waals surface area (Å²) < 4.78 is 38.2. The van der Waals surface area contributed by atoms with Crippen LogP contribution in [-0.4, -0.2) is 39.0 Å². The maximum atomic E-state index is 12.7. The van der Waals surface area contributed by atoms with Crippen LogP contribution >= 0.6 is 0 Å². The molecule has 0 amide bonds. The predicted octanol–water partition coefficient (Wildman–Crippen LogP) is 3.58. The number of para-hydroxylation sites is 1. The number of hydrogen-bond acceptors (Lipinski definition) is 5. The van der Waals surface area contributed by atoms with E-state index >= 15 is 0 Å². The summed E-state index contributed by atoms with van der Waals surface area (Å²) in [4.78, 5) is 0.322. The quantitative estimate of drug-likeness (QED) is 0.538. The standard InChI is InChI=1S/C25H28N2O4S/c28-32(29,27-14-16-30-17-15-27)24-12-10-21(11-13-24)18-26-19-23-8-4-5-9-25(23)31-20-22-6-2-1-3-7-22/h1-13,26H,14-20H2. The Morgan fingerprint density at radius 1 is 0.812 bits per heavy atom. The van der Waals surface area contributed by atoms with Gasteiger partial charge in [0.05, 0.1) is 18.1 Å². The first-order valence-electron chi connectivity index (χ1n) is 10.7. The molecule has 6 nitrogen and oxygen atoms in total. The monoisotopic (exact) mass is 452 g/mol. The lowest BCUT2D eigenvalue weighted by Crippen LogP contribution is -2.40. The van der Waals surface area contributed by atoms with Crippen LogP contribution in [-0.2, 0) is 34.5 Å². The van der Waals surface area contributed by atoms with Gasteiger partial charge in [-0.3, -0.25) is 0 Å². The van der Waals surface area contributed by atoms with Crippen LogP contribution in [0.4, 0.5) is 0 Å². The molecule has 0 unspecified atom stereocenters. The van der Waals surface area contributed by atoms with Gasteiger partial charge < -0.3 is 14.8 Å². The third-order valence-electron chi connectivity index (χ3n) is 5.39. The molecular weight excluding hydrogens is 424 g/mol. The molecule has 0 aromatic heterocycles. The van der Waals surface area contributed by atoms with E-state index in [4.69, 9.17) is 9.47 Å². The van der Waals surface area contributed by atoms with Crippen molar-refractivity contribution in [2.45, 2.75) is 24.6 Å². The molecular formula is C25H28N2O4S. The van der Waals surface area contributed by atoms with Crippen LogP contribution in [0.3, 0.4) is 0 Å². The number of sulfonamides is 1. The summed E-state index contributed by atoms with van der Waals surface area (Å²) in [7, 11) is -3.46. The molecule has 0 bridgehead atoms. The van der Waals surface area contributed by atoms with Gasteiger partial charge in [0.15, 0.2) is 0 Å². The molecule has 0 radical (unpaired) electrons. The summed E-state index contributed by atoms with van der Waals surface area (Å²) in [5.74, 6) is 0.857. The van der Waals surface area contributed by atoms with Crippen LogP contribution in [0.5, 0.6) is 5.75 Å². The molecule has 4 rings (SSSR count). The Labute approximate surface area is 189 Å². The van der Waals surface area contributed by atoms with Crippen LogP contribution in [0.15, 0.2) is 83.8 Å². The molecule has 1 aliphatic heterocycles. The minimum Gasteiger partial charge on any atom is -0.489 e. The third kappa shape index (κ3) is 5.75. The highest BCUT2D eigenvalue weighted by atomic mass is 32.2. The van der Waals surface area contributed by atoms with Crippen LogP contribution in [0.25, 0.3) is 0 Å². The maximum Gasteiger partial charge on any atom is 0.243 e. The highest BCUT2D eigenvalue weighted by Gasteiger charge is 2.26. The predicted molar refractivity (Wildman–Crippen MR) is 124 cm³/mol. The van der Waals surface area contributed by atoms with E-state index in [2.05, 4.69) is 5.32 Å². The highest BCUT2D eigenvalue weighted by molar-refractivity contribution is 7.89. The van der Waals surface area contributed by atoms with Crippen LogP contribution in [0, 0.1) is 0 Å². The number of nitrogens with zero attached hydrogens (tertiary/aromatic N) is 1. The summed E-state index contributed by atoms with van der Waals surface area (Å²) in [6, 6.07) is 25.2. The minimum absolute atomic E-state index is 0.322. The molecule has 0 spiro atoms. The van der Waals surface area contributed by atoms with E-state index in [0.717, 1.165) is 22.4 Å². The SMILES string of the molecule is O=S(=O)(c1ccc(CNCc2ccccc2OCc2ccccc2)cc1)N1CCOCC1. The van der Waals surface area contributed by atoms with Crippen molar-refractivity contribution in [1.82, 2.24) is 9.62 Å². The minimum atomic E-state index is -3.46. The van der Waals surface area contributed by atoms with E-state index in [1.165, 1.54) is 4.31 Å². The summed E-state index contributed by atoms with van der Waals surface area (Å²) in [5.41, 5.74) is 3.23. The molecule has 1 heterocycles. The molecule has 32 heavy (non-hydrogen) atoms. The van der Waals surface area contributed by atoms with Gasteiger partial charge in [-0.05, 0) is 29.3 Å². The van der Waals surface area contributed by atoms with E-state index in [9.17, 15) is 8.42 Å². The Hall–Kier alpha value is -2.71. The Bertz CT molecular complexity index is 1100. The Morgan fingerprint density at radius 3 is 2.25 bits per heavy atom. The molecule has 0 aliphatic carbocycles. The van der Waals surface area contributed by atoms with Gasteiger partial charge in [-0.15, -0.1) is 0 Å². The fraction of sp³-hybridized carbons (Fsp3) is 0.280. The van der Waals surface area contributed by atoms with E-state index < -0.39 is 10.0 Å². The van der Waals surface area contributed by atoms with Crippen LogP contribution in [0.2, 0.25) is 0 Å². The van der Waals surface area contributed by atoms with Crippen molar-refractivity contribution in [2.75, 3.05) is 26.3 Å². The molecule has 168 valence electrons. The molecule has 1 aliphatic rings. The van der Waals surface area contributed by atoms with Crippen LogP contribution in [0.1, 0.15) is 16.7 Å². The first-order valence-corrected chi connectivity index (χ1v) is 12.2. The molecule has 0 atom stereocenters. The Morgan fingerprint density at radius 2 is 1.50 bits per heavy atom. The molecule has 1 N–H and O–H groups in total. The largest absolute Gasteiger partial charge is 0.489 e. The van der Waals surface area contributed by atoms with E-state index in [1.807, 2.05) is 66.7 Å². The average Bonchev–Trinajstić information content (AvgIpc) is 2.85. The average molecular weight is 453 g/mol. The number of nitrogens with one attached hydrogen (secondary N) is 1. The zero-order valence-electron chi connectivity index (χ0n) is 17.9. The van der Waals surface area contributed by atoms with Crippen molar-refractivity contribution in [1.29, 1.82) is 0 Å². The molecule has 1 fully saturated rings. The fourth-order valence-electron chi connectivity index (χ4n) is 3.58. The van der Waals surface area contributed by atoms with Crippen LogP contribution < -0.4 is 10.1 Å². The Balaban J connectivity index is 1.32. The van der Waals surface area contributed by atoms with Gasteiger partial charge in [-0.25, -0.2) is 8.42 Å². The van der Waals surface area contributed by atoms with Crippen molar-refractivity contribution in [2.24, 2.45) is 0 Å². The van der Waals surface area contributed by atoms with E-state index in [0.29, 0.717) is 50.9 Å². The molecule has 3 aromatic carbocycles. The van der Waals surface area contributed by atoms with E-state index in [1.54, 1.807) is 12.1 Å². The van der Waals surface area contributed by atoms with Crippen molar-refractivity contribution < 1.29 is 17.9 Å². The highest BCUT2D eigenvalue weighted by Crippen LogP contribution is 2.20. The van der Waals surface area contributed by atoms with Gasteiger partial charge in [-0.1, -0.05) is 60.7 Å². The zero-order valence-corrected chi connectivity index (χ0v) is 18.8. The number of ether oxygens (including phenoxy) is 2. The third-order valence-corrected chi connectivity index (χ3v) is 7.30. The first-order chi connectivity index (χ1) is 15.6. The zero-order chi connectivity index (χ0) is 22.2. The molecule has 1 saturated heterocycles. The second-order valence-corrected chi connectivity index (χ2v) is 9.58. The Kier molecular flexibility index (Phi) is 7.55. The lowest BCUT2D eigenvalue weighted by Gasteiger charge is -2.26. The van der Waals surface area contributed by atoms with Gasteiger partial charge in [0.2, 0.25) is 10.0 Å². The lowest BCUT2D eigenvalue weighted by atomic mass is 10.2. The van der Waals surface area contributed by atoms with Crippen molar-refractivity contribution in [3.05, 3.63) is 95.6 Å². The van der Waals surface area contributed by atoms with Gasteiger partial charge in [0, 0.05) is 31.7 Å². The fourth-order valence-corrected chi connectivity index (χ4v) is 4.99. The second-order valence-electron chi connectivity index (χ2n) is 7.65. The lowest BCUT2D eigenvalue weighted by molar-refractivity contribution is 0.0730. The molecule has 0 saturated carbocycles. The smallest absolute Gasteiger partial charge is 0.243 e. The number of benzene rings is 3. The van der Waals surface area contributed by atoms with Gasteiger partial charge >= 0.3 is 0 Å². The van der Waals surface area contributed by atoms with Gasteiger partial charge in [0.25, 0.3) is 0 Å². The van der Waals surface area contributed by atoms with Crippen molar-refractivity contribution in [3.8, 4) is 5.75 Å². The van der Waals surface area contributed by atoms with Crippen molar-refractivity contribution >= 4 is 10.0 Å².